The van der Waals surface area contributed by atoms with Gasteiger partial charge < -0.3 is 5.32 Å². The highest BCUT2D eigenvalue weighted by Gasteiger charge is 2.21. The van der Waals surface area contributed by atoms with Gasteiger partial charge in [0.25, 0.3) is 0 Å². The molecular formula is C9H16N2O2S2. The van der Waals surface area contributed by atoms with Gasteiger partial charge in [-0.25, -0.2) is 13.4 Å². The number of hydrogen-bond acceptors (Lipinski definition) is 5. The first-order valence-corrected chi connectivity index (χ1v) is 7.51. The van der Waals surface area contributed by atoms with Gasteiger partial charge in [-0.3, -0.25) is 0 Å². The largest absolute Gasteiger partial charge is 0.312 e. The Morgan fingerprint density at radius 1 is 1.47 bits per heavy atom. The van der Waals surface area contributed by atoms with E-state index in [1.807, 2.05) is 19.4 Å². The average Bonchev–Trinajstić information content (AvgIpc) is 2.62. The van der Waals surface area contributed by atoms with E-state index in [9.17, 15) is 8.42 Å². The van der Waals surface area contributed by atoms with E-state index in [4.69, 9.17) is 0 Å². The first kappa shape index (κ1) is 12.6. The predicted octanol–water partition coefficient (Wildman–Crippen LogP) is 1.53. The third-order valence-electron chi connectivity index (χ3n) is 2.41. The van der Waals surface area contributed by atoms with Crippen molar-refractivity contribution in [3.63, 3.8) is 0 Å². The van der Waals surface area contributed by atoms with Gasteiger partial charge >= 0.3 is 0 Å². The molecule has 86 valence electrons. The number of nitrogens with one attached hydrogen (secondary N) is 1. The fourth-order valence-corrected chi connectivity index (χ4v) is 2.98. The van der Waals surface area contributed by atoms with Crippen molar-refractivity contribution in [3.05, 3.63) is 16.1 Å². The molecule has 0 aliphatic heterocycles. The van der Waals surface area contributed by atoms with Crippen LogP contribution in [0.3, 0.4) is 0 Å². The topological polar surface area (TPSA) is 59.1 Å². The van der Waals surface area contributed by atoms with Crippen LogP contribution in [0.5, 0.6) is 0 Å². The zero-order valence-corrected chi connectivity index (χ0v) is 10.9. The highest BCUT2D eigenvalue weighted by molar-refractivity contribution is 7.91. The van der Waals surface area contributed by atoms with Crippen LogP contribution in [0.1, 0.15) is 35.8 Å². The van der Waals surface area contributed by atoms with Gasteiger partial charge in [0, 0.05) is 17.7 Å². The standard InChI is InChI=1S/C9H16N2O2S2/c1-6(10-3)8-5-14-9(11-8)7(2)15(4,12)13/h5-7,10H,1-4H3. The highest BCUT2D eigenvalue weighted by Crippen LogP contribution is 2.26. The minimum Gasteiger partial charge on any atom is -0.312 e. The van der Waals surface area contributed by atoms with Crippen LogP contribution in [-0.2, 0) is 9.84 Å². The van der Waals surface area contributed by atoms with Crippen LogP contribution < -0.4 is 5.32 Å². The molecule has 0 saturated heterocycles. The molecule has 1 N–H and O–H groups in total. The first-order valence-electron chi connectivity index (χ1n) is 4.67. The molecule has 0 aromatic carbocycles. The molecule has 0 saturated carbocycles. The van der Waals surface area contributed by atoms with Gasteiger partial charge in [0.2, 0.25) is 0 Å². The first-order chi connectivity index (χ1) is 6.86. The van der Waals surface area contributed by atoms with Crippen molar-refractivity contribution in [1.82, 2.24) is 10.3 Å². The number of hydrogen-bond donors (Lipinski definition) is 1. The van der Waals surface area contributed by atoms with Gasteiger partial charge in [0.05, 0.1) is 5.69 Å². The molecule has 1 rings (SSSR count). The molecule has 2 atom stereocenters. The normalized spacial score (nSPS) is 16.3. The molecule has 15 heavy (non-hydrogen) atoms. The lowest BCUT2D eigenvalue weighted by atomic mass is 10.3. The smallest absolute Gasteiger partial charge is 0.156 e. The van der Waals surface area contributed by atoms with Gasteiger partial charge in [0.15, 0.2) is 9.84 Å². The molecule has 0 bridgehead atoms. The molecule has 0 radical (unpaired) electrons. The minimum atomic E-state index is -3.05. The molecule has 1 aromatic heterocycles. The summed E-state index contributed by atoms with van der Waals surface area (Å²) >= 11 is 1.40. The van der Waals surface area contributed by atoms with Crippen molar-refractivity contribution < 1.29 is 8.42 Å². The Labute approximate surface area is 94.7 Å². The Balaban J connectivity index is 2.94. The van der Waals surface area contributed by atoms with E-state index < -0.39 is 15.1 Å². The van der Waals surface area contributed by atoms with Gasteiger partial charge in [-0.15, -0.1) is 11.3 Å². The van der Waals surface area contributed by atoms with Crippen molar-refractivity contribution in [2.45, 2.75) is 25.1 Å². The van der Waals surface area contributed by atoms with Crippen molar-refractivity contribution >= 4 is 21.2 Å². The highest BCUT2D eigenvalue weighted by atomic mass is 32.2. The molecule has 6 heteroatoms. The third-order valence-corrected chi connectivity index (χ3v) is 5.11. The van der Waals surface area contributed by atoms with Gasteiger partial charge in [0.1, 0.15) is 10.3 Å². The van der Waals surface area contributed by atoms with E-state index in [0.29, 0.717) is 5.01 Å². The van der Waals surface area contributed by atoms with Crippen LogP contribution in [0, 0.1) is 0 Å². The van der Waals surface area contributed by atoms with Crippen LogP contribution in [0.25, 0.3) is 0 Å². The summed E-state index contributed by atoms with van der Waals surface area (Å²) < 4.78 is 22.7. The summed E-state index contributed by atoms with van der Waals surface area (Å²) in [6.07, 6.45) is 1.24. The average molecular weight is 248 g/mol. The molecule has 0 amide bonds. The van der Waals surface area contributed by atoms with E-state index in [-0.39, 0.29) is 6.04 Å². The number of sulfone groups is 1. The van der Waals surface area contributed by atoms with E-state index >= 15 is 0 Å². The van der Waals surface area contributed by atoms with Gasteiger partial charge in [-0.1, -0.05) is 0 Å². The Kier molecular flexibility index (Phi) is 3.86. The van der Waals surface area contributed by atoms with Crippen molar-refractivity contribution in [2.24, 2.45) is 0 Å². The SMILES string of the molecule is CNC(C)c1csc(C(C)S(C)(=O)=O)n1. The summed E-state index contributed by atoms with van der Waals surface area (Å²) in [7, 11) is -1.20. The maximum absolute atomic E-state index is 11.3. The Morgan fingerprint density at radius 3 is 2.53 bits per heavy atom. The molecule has 1 aromatic rings. The molecule has 0 aliphatic carbocycles. The minimum absolute atomic E-state index is 0.154. The maximum Gasteiger partial charge on any atom is 0.156 e. The summed E-state index contributed by atoms with van der Waals surface area (Å²) in [6.45, 7) is 3.66. The van der Waals surface area contributed by atoms with E-state index in [1.54, 1.807) is 6.92 Å². The molecule has 0 spiro atoms. The lowest BCUT2D eigenvalue weighted by Gasteiger charge is -2.07. The second-order valence-electron chi connectivity index (χ2n) is 3.59. The van der Waals surface area contributed by atoms with Crippen LogP contribution >= 0.6 is 11.3 Å². The molecular weight excluding hydrogens is 232 g/mol. The Bertz CT molecular complexity index is 425. The van der Waals surface area contributed by atoms with Gasteiger partial charge in [-0.05, 0) is 20.9 Å². The van der Waals surface area contributed by atoms with E-state index in [0.717, 1.165) is 5.69 Å². The quantitative estimate of drug-likeness (QED) is 0.878. The summed E-state index contributed by atoms with van der Waals surface area (Å²) in [5.41, 5.74) is 0.896. The second-order valence-corrected chi connectivity index (χ2v) is 6.85. The van der Waals surface area contributed by atoms with Crippen LogP contribution in [0.4, 0.5) is 0 Å². The predicted molar refractivity (Wildman–Crippen MR) is 62.8 cm³/mol. The lowest BCUT2D eigenvalue weighted by molar-refractivity contribution is 0.590. The molecule has 2 unspecified atom stereocenters. The molecule has 1 heterocycles. The summed E-state index contributed by atoms with van der Waals surface area (Å²) in [6, 6.07) is 0.154. The number of nitrogens with zero attached hydrogens (tertiary/aromatic N) is 1. The fraction of sp³-hybridized carbons (Fsp3) is 0.667. The zero-order chi connectivity index (χ0) is 11.6. The summed E-state index contributed by atoms with van der Waals surface area (Å²) in [5, 5.41) is 5.12. The fourth-order valence-electron chi connectivity index (χ4n) is 1.02. The molecule has 0 fully saturated rings. The van der Waals surface area contributed by atoms with Crippen LogP contribution in [0.2, 0.25) is 0 Å². The van der Waals surface area contributed by atoms with Crippen LogP contribution in [0.15, 0.2) is 5.38 Å². The van der Waals surface area contributed by atoms with Crippen molar-refractivity contribution in [2.75, 3.05) is 13.3 Å². The summed E-state index contributed by atoms with van der Waals surface area (Å²) in [5.74, 6) is 0. The summed E-state index contributed by atoms with van der Waals surface area (Å²) in [4.78, 5) is 4.32. The van der Waals surface area contributed by atoms with Crippen LogP contribution in [-0.4, -0.2) is 26.7 Å². The third kappa shape index (κ3) is 2.99. The number of thiazole rings is 1. The number of aromatic nitrogens is 1. The second kappa shape index (κ2) is 4.59. The van der Waals surface area contributed by atoms with Gasteiger partial charge in [-0.2, -0.15) is 0 Å². The Morgan fingerprint density at radius 2 is 2.07 bits per heavy atom. The molecule has 4 nitrogen and oxygen atoms in total. The van der Waals surface area contributed by atoms with Crippen molar-refractivity contribution in [3.8, 4) is 0 Å². The zero-order valence-electron chi connectivity index (χ0n) is 9.31. The number of rotatable bonds is 4. The maximum atomic E-state index is 11.3. The van der Waals surface area contributed by atoms with E-state index in [1.165, 1.54) is 17.6 Å². The van der Waals surface area contributed by atoms with E-state index in [2.05, 4.69) is 10.3 Å². The molecule has 0 aliphatic rings. The monoisotopic (exact) mass is 248 g/mol. The lowest BCUT2D eigenvalue weighted by Crippen LogP contribution is -2.13. The Hall–Kier alpha value is -0.460. The van der Waals surface area contributed by atoms with Crippen molar-refractivity contribution in [1.29, 1.82) is 0 Å².